The van der Waals surface area contributed by atoms with Crippen LogP contribution < -0.4 is 10.1 Å². The molecule has 2 fully saturated rings. The highest BCUT2D eigenvalue weighted by Crippen LogP contribution is 2.38. The zero-order valence-electron chi connectivity index (χ0n) is 25.7. The second-order valence-electron chi connectivity index (χ2n) is 10.8. The predicted molar refractivity (Wildman–Crippen MR) is 157 cm³/mol. The molecule has 0 spiro atoms. The van der Waals surface area contributed by atoms with Crippen LogP contribution in [0.5, 0.6) is 5.88 Å². The van der Waals surface area contributed by atoms with Gasteiger partial charge in [0.25, 0.3) is 5.91 Å². The summed E-state index contributed by atoms with van der Waals surface area (Å²) in [5, 5.41) is 17.8. The smallest absolute Gasteiger partial charge is 0.481 e. The zero-order valence-corrected chi connectivity index (χ0v) is 25.7. The quantitative estimate of drug-likeness (QED) is 0.309. The van der Waals surface area contributed by atoms with Gasteiger partial charge < -0.3 is 34.4 Å². The molecule has 0 bridgehead atoms. The molecule has 244 valence electrons. The van der Waals surface area contributed by atoms with Crippen molar-refractivity contribution in [2.75, 3.05) is 39.4 Å². The second kappa shape index (κ2) is 14.9. The van der Waals surface area contributed by atoms with E-state index in [4.69, 9.17) is 19.0 Å². The molecular formula is C30H39N5O10. The van der Waals surface area contributed by atoms with Crippen LogP contribution in [0, 0.1) is 6.92 Å². The van der Waals surface area contributed by atoms with Crippen LogP contribution in [0.3, 0.4) is 0 Å². The number of esters is 1. The molecule has 0 radical (unpaired) electrons. The fourth-order valence-corrected chi connectivity index (χ4v) is 5.03. The fraction of sp³-hybridized carbons (Fsp3) is 0.533. The van der Waals surface area contributed by atoms with Crippen LogP contribution in [0.15, 0.2) is 30.3 Å². The number of carbonyl (C=O) groups excluding carboxylic acids is 4. The van der Waals surface area contributed by atoms with Gasteiger partial charge in [-0.25, -0.2) is 14.3 Å². The molecule has 2 aliphatic rings. The molecule has 45 heavy (non-hydrogen) atoms. The summed E-state index contributed by atoms with van der Waals surface area (Å²) in [6, 6.07) is 7.55. The first-order valence-corrected chi connectivity index (χ1v) is 15.0. The van der Waals surface area contributed by atoms with Crippen LogP contribution in [0.4, 0.5) is 4.79 Å². The third-order valence-corrected chi connectivity index (χ3v) is 7.53. The van der Waals surface area contributed by atoms with Gasteiger partial charge in [-0.15, -0.1) is 5.06 Å². The van der Waals surface area contributed by atoms with Crippen molar-refractivity contribution < 1.29 is 48.1 Å². The summed E-state index contributed by atoms with van der Waals surface area (Å²) < 4.78 is 17.7. The van der Waals surface area contributed by atoms with Crippen molar-refractivity contribution in [1.29, 1.82) is 0 Å². The van der Waals surface area contributed by atoms with Crippen molar-refractivity contribution in [1.82, 2.24) is 25.1 Å². The SMILES string of the molecule is CCOC(=O)ON1CCN(C(=O)[C@H](CCC(=O)O)NC(=O)c2cc(OC3(C(=O)OCC)CCC3)n(-c3cccc(C)c3)n2)CC1. The normalized spacial score (nSPS) is 16.6. The number of carboxylic acid groups (broad SMARTS) is 1. The maximum atomic E-state index is 13.5. The Morgan fingerprint density at radius 2 is 1.73 bits per heavy atom. The molecule has 1 saturated carbocycles. The number of piperazine rings is 1. The van der Waals surface area contributed by atoms with Crippen LogP contribution in [-0.4, -0.2) is 106 Å². The van der Waals surface area contributed by atoms with Crippen molar-refractivity contribution in [3.05, 3.63) is 41.6 Å². The number of hydrogen-bond acceptors (Lipinski definition) is 11. The number of aryl methyl sites for hydroxylation is 1. The zero-order chi connectivity index (χ0) is 32.6. The molecule has 2 aromatic rings. The lowest BCUT2D eigenvalue weighted by Gasteiger charge is -2.38. The van der Waals surface area contributed by atoms with Crippen LogP contribution in [0.25, 0.3) is 5.69 Å². The number of carbonyl (C=O) groups is 5. The number of ether oxygens (including phenoxy) is 3. The van der Waals surface area contributed by atoms with Gasteiger partial charge in [-0.1, -0.05) is 12.1 Å². The van der Waals surface area contributed by atoms with Crippen LogP contribution in [-0.2, 0) is 28.7 Å². The molecule has 4 rings (SSSR count). The molecule has 0 unspecified atom stereocenters. The van der Waals surface area contributed by atoms with Gasteiger partial charge in [0.05, 0.1) is 32.0 Å². The average molecular weight is 630 g/mol. The number of carboxylic acids is 1. The Hall–Kier alpha value is -4.66. The second-order valence-corrected chi connectivity index (χ2v) is 10.8. The van der Waals surface area contributed by atoms with Gasteiger partial charge in [-0.2, -0.15) is 5.10 Å². The van der Waals surface area contributed by atoms with Gasteiger partial charge in [0, 0.05) is 25.6 Å². The summed E-state index contributed by atoms with van der Waals surface area (Å²) in [5.41, 5.74) is 0.218. The molecule has 1 aromatic heterocycles. The van der Waals surface area contributed by atoms with Gasteiger partial charge in [0.15, 0.2) is 5.69 Å². The third-order valence-electron chi connectivity index (χ3n) is 7.53. The maximum Gasteiger partial charge on any atom is 0.527 e. The standard InChI is InChI=1S/C30H39N5O10/c1-4-42-28(40)30(12-7-13-30)44-24-19-23(32-35(24)21-9-6-8-20(3)18-21)26(38)31-22(10-11-25(36)37)27(39)33-14-16-34(17-15-33)45-29(41)43-5-2/h6,8-9,18-19,22H,4-5,7,10-17H2,1-3H3,(H,31,38)(H,36,37)/t22-/m0/s1. The first-order chi connectivity index (χ1) is 21.5. The van der Waals surface area contributed by atoms with Gasteiger partial charge in [0.2, 0.25) is 17.4 Å². The van der Waals surface area contributed by atoms with Crippen molar-refractivity contribution in [3.63, 3.8) is 0 Å². The van der Waals surface area contributed by atoms with Crippen LogP contribution in [0.1, 0.15) is 62.0 Å². The summed E-state index contributed by atoms with van der Waals surface area (Å²) in [5.74, 6) is -2.68. The van der Waals surface area contributed by atoms with E-state index in [1.165, 1.54) is 20.7 Å². The van der Waals surface area contributed by atoms with E-state index < -0.39 is 41.6 Å². The van der Waals surface area contributed by atoms with E-state index in [-0.39, 0.29) is 63.8 Å². The van der Waals surface area contributed by atoms with E-state index >= 15 is 0 Å². The highest BCUT2D eigenvalue weighted by atomic mass is 16.8. The average Bonchev–Trinajstić information content (AvgIpc) is 3.41. The first-order valence-electron chi connectivity index (χ1n) is 15.0. The summed E-state index contributed by atoms with van der Waals surface area (Å²) >= 11 is 0. The van der Waals surface area contributed by atoms with Crippen LogP contribution >= 0.6 is 0 Å². The molecule has 15 heteroatoms. The number of amides is 2. The summed E-state index contributed by atoms with van der Waals surface area (Å²) in [7, 11) is 0. The Morgan fingerprint density at radius 1 is 1.02 bits per heavy atom. The molecule has 1 aliphatic heterocycles. The van der Waals surface area contributed by atoms with Crippen molar-refractivity contribution >= 4 is 29.9 Å². The third kappa shape index (κ3) is 8.29. The lowest BCUT2D eigenvalue weighted by atomic mass is 9.80. The lowest BCUT2D eigenvalue weighted by molar-refractivity contribution is -0.170. The monoisotopic (exact) mass is 629 g/mol. The van der Waals surface area contributed by atoms with Gasteiger partial charge in [-0.05, 0) is 64.2 Å². The van der Waals surface area contributed by atoms with E-state index in [2.05, 4.69) is 10.4 Å². The molecule has 1 aromatic carbocycles. The maximum absolute atomic E-state index is 13.5. The number of hydroxylamine groups is 2. The number of nitrogens with zero attached hydrogens (tertiary/aromatic N) is 4. The highest BCUT2D eigenvalue weighted by Gasteiger charge is 2.49. The largest absolute Gasteiger partial charge is 0.527 e. The Labute approximate surface area is 260 Å². The van der Waals surface area contributed by atoms with Gasteiger partial charge >= 0.3 is 18.1 Å². The molecule has 2 amide bonds. The minimum atomic E-state index is -1.20. The van der Waals surface area contributed by atoms with E-state index in [9.17, 15) is 29.1 Å². The lowest BCUT2D eigenvalue weighted by Crippen LogP contribution is -2.55. The van der Waals surface area contributed by atoms with Crippen molar-refractivity contribution in [2.24, 2.45) is 0 Å². The van der Waals surface area contributed by atoms with Gasteiger partial charge in [0.1, 0.15) is 6.04 Å². The Balaban J connectivity index is 1.54. The van der Waals surface area contributed by atoms with Crippen molar-refractivity contribution in [2.45, 2.75) is 64.5 Å². The summed E-state index contributed by atoms with van der Waals surface area (Å²) in [6.45, 7) is 6.36. The number of hydrogen-bond donors (Lipinski definition) is 2. The molecule has 2 N–H and O–H groups in total. The molecule has 1 saturated heterocycles. The number of aliphatic carboxylic acids is 1. The van der Waals surface area contributed by atoms with E-state index in [0.29, 0.717) is 18.5 Å². The van der Waals surface area contributed by atoms with Gasteiger partial charge in [-0.3, -0.25) is 14.4 Å². The van der Waals surface area contributed by atoms with E-state index in [1.54, 1.807) is 19.9 Å². The number of benzene rings is 1. The summed E-state index contributed by atoms with van der Waals surface area (Å²) in [4.78, 5) is 69.4. The molecule has 2 heterocycles. The Kier molecular flexibility index (Phi) is 11.0. The highest BCUT2D eigenvalue weighted by molar-refractivity contribution is 5.96. The van der Waals surface area contributed by atoms with E-state index in [1.807, 2.05) is 25.1 Å². The predicted octanol–water partition coefficient (Wildman–Crippen LogP) is 2.24. The topological polar surface area (TPSA) is 179 Å². The first kappa shape index (κ1) is 33.2. The number of rotatable bonds is 13. The number of nitrogens with one attached hydrogen (secondary N) is 1. The molecular weight excluding hydrogens is 590 g/mol. The molecule has 1 aliphatic carbocycles. The van der Waals surface area contributed by atoms with Crippen molar-refractivity contribution in [3.8, 4) is 11.6 Å². The Bertz CT molecular complexity index is 1400. The minimum Gasteiger partial charge on any atom is -0.481 e. The van der Waals surface area contributed by atoms with Crippen LogP contribution in [0.2, 0.25) is 0 Å². The number of aromatic nitrogens is 2. The summed E-state index contributed by atoms with van der Waals surface area (Å²) in [6.07, 6.45) is 0.278. The van der Waals surface area contributed by atoms with E-state index in [0.717, 1.165) is 12.0 Å². The Morgan fingerprint density at radius 3 is 2.33 bits per heavy atom. The fourth-order valence-electron chi connectivity index (χ4n) is 5.03. The molecule has 1 atom stereocenters. The minimum absolute atomic E-state index is 0.0920. The molecule has 15 nitrogen and oxygen atoms in total.